The number of anilines is 1. The summed E-state index contributed by atoms with van der Waals surface area (Å²) in [6, 6.07) is 11.0. The Balaban J connectivity index is 2.19. The summed E-state index contributed by atoms with van der Waals surface area (Å²) in [7, 11) is 1.79. The topological polar surface area (TPSA) is 70.4 Å². The van der Waals surface area contributed by atoms with Crippen LogP contribution in [0.3, 0.4) is 0 Å². The maximum atomic E-state index is 12.7. The fourth-order valence-electron chi connectivity index (χ4n) is 2.45. The first-order valence-corrected chi connectivity index (χ1v) is 7.73. The molecule has 124 valence electrons. The van der Waals surface area contributed by atoms with E-state index < -0.39 is 0 Å². The monoisotopic (exact) mass is 316 g/mol. The molecule has 0 aliphatic carbocycles. The van der Waals surface area contributed by atoms with Gasteiger partial charge in [-0.15, -0.1) is 0 Å². The molecule has 2 aromatic rings. The largest absolute Gasteiger partial charge is 0.394 e. The smallest absolute Gasteiger partial charge is 0.323 e. The molecule has 0 aliphatic heterocycles. The molecule has 6 heteroatoms. The van der Waals surface area contributed by atoms with Crippen LogP contribution in [0.25, 0.3) is 0 Å². The van der Waals surface area contributed by atoms with Crippen molar-refractivity contribution in [3.05, 3.63) is 48.2 Å². The summed E-state index contributed by atoms with van der Waals surface area (Å²) in [4.78, 5) is 14.3. The number of aryl methyl sites for hydroxylation is 1. The molecule has 0 radical (unpaired) electrons. The molecule has 2 N–H and O–H groups in total. The average molecular weight is 316 g/mol. The summed E-state index contributed by atoms with van der Waals surface area (Å²) < 4.78 is 1.63. The number of hydrogen-bond donors (Lipinski definition) is 2. The number of urea groups is 1. The predicted octanol–water partition coefficient (Wildman–Crippen LogP) is 2.47. The number of nitrogens with one attached hydrogen (secondary N) is 1. The minimum absolute atomic E-state index is 0.0832. The van der Waals surface area contributed by atoms with Crippen molar-refractivity contribution >= 4 is 11.8 Å². The molecule has 2 rings (SSSR count). The van der Waals surface area contributed by atoms with E-state index in [1.807, 2.05) is 44.2 Å². The first kappa shape index (κ1) is 17.0. The number of carbonyl (C=O) groups is 1. The highest BCUT2D eigenvalue weighted by Gasteiger charge is 2.26. The van der Waals surface area contributed by atoms with Gasteiger partial charge in [-0.3, -0.25) is 10.00 Å². The minimum atomic E-state index is -0.265. The lowest BCUT2D eigenvalue weighted by molar-refractivity contribution is 0.110. The number of rotatable bonds is 6. The first-order valence-electron chi connectivity index (χ1n) is 7.73. The van der Waals surface area contributed by atoms with Gasteiger partial charge in [0.15, 0.2) is 5.82 Å². The van der Waals surface area contributed by atoms with E-state index in [-0.39, 0.29) is 24.6 Å². The highest BCUT2D eigenvalue weighted by atomic mass is 16.3. The normalized spacial score (nSPS) is 12.2. The van der Waals surface area contributed by atoms with Gasteiger partial charge in [0.05, 0.1) is 12.6 Å². The van der Waals surface area contributed by atoms with Crippen molar-refractivity contribution in [1.82, 2.24) is 14.7 Å². The molecule has 0 saturated heterocycles. The van der Waals surface area contributed by atoms with Crippen molar-refractivity contribution in [2.75, 3.05) is 11.9 Å². The number of aromatic nitrogens is 2. The summed E-state index contributed by atoms with van der Waals surface area (Å²) in [5.74, 6) is 0.634. The summed E-state index contributed by atoms with van der Waals surface area (Å²) >= 11 is 0. The van der Waals surface area contributed by atoms with Crippen LogP contribution in [0.1, 0.15) is 19.4 Å². The van der Waals surface area contributed by atoms with Crippen molar-refractivity contribution in [3.63, 3.8) is 0 Å². The van der Waals surface area contributed by atoms with Crippen LogP contribution in [0.4, 0.5) is 10.6 Å². The molecule has 0 saturated carbocycles. The molecule has 1 unspecified atom stereocenters. The van der Waals surface area contributed by atoms with Gasteiger partial charge in [-0.25, -0.2) is 4.79 Å². The van der Waals surface area contributed by atoms with E-state index in [2.05, 4.69) is 10.4 Å². The Labute approximate surface area is 136 Å². The molecule has 0 fully saturated rings. The molecule has 0 aliphatic rings. The predicted molar refractivity (Wildman–Crippen MR) is 89.9 cm³/mol. The Morgan fingerprint density at radius 3 is 2.52 bits per heavy atom. The fourth-order valence-corrected chi connectivity index (χ4v) is 2.45. The van der Waals surface area contributed by atoms with Crippen LogP contribution < -0.4 is 5.32 Å². The van der Waals surface area contributed by atoms with E-state index in [4.69, 9.17) is 0 Å². The highest BCUT2D eigenvalue weighted by Crippen LogP contribution is 2.16. The number of nitrogens with zero attached hydrogens (tertiary/aromatic N) is 3. The second kappa shape index (κ2) is 7.78. The van der Waals surface area contributed by atoms with Gasteiger partial charge in [-0.05, 0) is 11.5 Å². The summed E-state index contributed by atoms with van der Waals surface area (Å²) in [6.07, 6.45) is 1.77. The molecule has 1 heterocycles. The third-order valence-electron chi connectivity index (χ3n) is 3.76. The lowest BCUT2D eigenvalue weighted by Crippen LogP contribution is -2.47. The van der Waals surface area contributed by atoms with E-state index in [0.717, 1.165) is 5.56 Å². The first-order chi connectivity index (χ1) is 11.0. The van der Waals surface area contributed by atoms with E-state index >= 15 is 0 Å². The summed E-state index contributed by atoms with van der Waals surface area (Å²) in [5.41, 5.74) is 1.02. The second-order valence-corrected chi connectivity index (χ2v) is 5.91. The highest BCUT2D eigenvalue weighted by molar-refractivity contribution is 5.88. The third kappa shape index (κ3) is 4.56. The molecule has 6 nitrogen and oxygen atoms in total. The molecule has 0 spiro atoms. The van der Waals surface area contributed by atoms with Gasteiger partial charge in [0.1, 0.15) is 0 Å². The van der Waals surface area contributed by atoms with Gasteiger partial charge in [0.2, 0.25) is 0 Å². The van der Waals surface area contributed by atoms with Gasteiger partial charge >= 0.3 is 6.03 Å². The van der Waals surface area contributed by atoms with Crippen molar-refractivity contribution in [2.24, 2.45) is 13.0 Å². The average Bonchev–Trinajstić information content (AvgIpc) is 2.92. The Morgan fingerprint density at radius 1 is 1.30 bits per heavy atom. The number of aliphatic hydroxyl groups is 1. The summed E-state index contributed by atoms with van der Waals surface area (Å²) in [6.45, 7) is 4.34. The molecular formula is C17H24N4O2. The SMILES string of the molecule is CC(C)C(CO)N(Cc1ccccc1)C(=O)Nc1ccn(C)n1. The van der Waals surface area contributed by atoms with Crippen LogP contribution >= 0.6 is 0 Å². The Kier molecular flexibility index (Phi) is 5.76. The zero-order chi connectivity index (χ0) is 16.8. The van der Waals surface area contributed by atoms with Gasteiger partial charge < -0.3 is 10.0 Å². The van der Waals surface area contributed by atoms with Crippen molar-refractivity contribution in [1.29, 1.82) is 0 Å². The molecule has 1 aromatic heterocycles. The standard InChI is InChI=1S/C17H24N4O2/c1-13(2)15(12-22)21(11-14-7-5-4-6-8-14)17(23)18-16-9-10-20(3)19-16/h4-10,13,15,22H,11-12H2,1-3H3,(H,18,19,23). The van der Waals surface area contributed by atoms with Crippen LogP contribution in [-0.4, -0.2) is 38.5 Å². The van der Waals surface area contributed by atoms with Crippen LogP contribution in [0.2, 0.25) is 0 Å². The van der Waals surface area contributed by atoms with E-state index in [1.54, 1.807) is 28.9 Å². The van der Waals surface area contributed by atoms with Crippen LogP contribution in [0.15, 0.2) is 42.6 Å². The number of aliphatic hydroxyl groups excluding tert-OH is 1. The molecular weight excluding hydrogens is 292 g/mol. The zero-order valence-electron chi connectivity index (χ0n) is 13.8. The molecule has 1 atom stereocenters. The number of hydrogen-bond acceptors (Lipinski definition) is 3. The number of carbonyl (C=O) groups excluding carboxylic acids is 1. The minimum Gasteiger partial charge on any atom is -0.394 e. The zero-order valence-corrected chi connectivity index (χ0v) is 13.8. The van der Waals surface area contributed by atoms with Gasteiger partial charge in [-0.2, -0.15) is 5.10 Å². The quantitative estimate of drug-likeness (QED) is 0.860. The fraction of sp³-hybridized carbons (Fsp3) is 0.412. The Bertz CT molecular complexity index is 625. The van der Waals surface area contributed by atoms with Crippen LogP contribution in [0.5, 0.6) is 0 Å². The maximum absolute atomic E-state index is 12.7. The van der Waals surface area contributed by atoms with Gasteiger partial charge in [-0.1, -0.05) is 44.2 Å². The van der Waals surface area contributed by atoms with E-state index in [0.29, 0.717) is 12.4 Å². The molecule has 0 bridgehead atoms. The number of benzene rings is 1. The Morgan fingerprint density at radius 2 is 2.00 bits per heavy atom. The number of amides is 2. The Hall–Kier alpha value is -2.34. The molecule has 2 amide bonds. The maximum Gasteiger partial charge on any atom is 0.323 e. The van der Waals surface area contributed by atoms with Gasteiger partial charge in [0, 0.05) is 25.9 Å². The molecule has 23 heavy (non-hydrogen) atoms. The van der Waals surface area contributed by atoms with E-state index in [1.165, 1.54) is 0 Å². The van der Waals surface area contributed by atoms with Crippen LogP contribution in [0, 0.1) is 5.92 Å². The van der Waals surface area contributed by atoms with Crippen molar-refractivity contribution in [2.45, 2.75) is 26.4 Å². The lowest BCUT2D eigenvalue weighted by Gasteiger charge is -2.33. The third-order valence-corrected chi connectivity index (χ3v) is 3.76. The second-order valence-electron chi connectivity index (χ2n) is 5.91. The molecule has 1 aromatic carbocycles. The van der Waals surface area contributed by atoms with Gasteiger partial charge in [0.25, 0.3) is 0 Å². The van der Waals surface area contributed by atoms with Crippen LogP contribution in [-0.2, 0) is 13.6 Å². The van der Waals surface area contributed by atoms with E-state index in [9.17, 15) is 9.90 Å². The lowest BCUT2D eigenvalue weighted by atomic mass is 10.0. The summed E-state index contributed by atoms with van der Waals surface area (Å²) in [5, 5.41) is 16.7. The van der Waals surface area contributed by atoms with Crippen molar-refractivity contribution in [3.8, 4) is 0 Å². The van der Waals surface area contributed by atoms with Crippen molar-refractivity contribution < 1.29 is 9.90 Å².